The lowest BCUT2D eigenvalue weighted by molar-refractivity contribution is -0.131. The maximum atomic E-state index is 10.1. The predicted octanol–water partition coefficient (Wildman–Crippen LogP) is 0.885. The van der Waals surface area contributed by atoms with Crippen molar-refractivity contribution >= 4 is 12.0 Å². The Bertz CT molecular complexity index is 320. The fourth-order valence-corrected chi connectivity index (χ4v) is 0.704. The molecule has 62 valence electrons. The number of carboxylic acid groups (broad SMARTS) is 1. The van der Waals surface area contributed by atoms with Crippen LogP contribution in [0.25, 0.3) is 6.08 Å². The van der Waals surface area contributed by atoms with Crippen molar-refractivity contribution in [1.29, 1.82) is 0 Å². The summed E-state index contributed by atoms with van der Waals surface area (Å²) in [5, 5.41) is 17.2. The van der Waals surface area contributed by atoms with Crippen LogP contribution in [0.1, 0.15) is 5.56 Å². The maximum Gasteiger partial charge on any atom is 0.328 e. The summed E-state index contributed by atoms with van der Waals surface area (Å²) in [4.78, 5) is 13.8. The molecular formula is C8H7NO3. The van der Waals surface area contributed by atoms with Crippen LogP contribution in [-0.2, 0) is 4.79 Å². The Morgan fingerprint density at radius 1 is 1.50 bits per heavy atom. The molecule has 1 rings (SSSR count). The molecule has 1 heterocycles. The van der Waals surface area contributed by atoms with E-state index in [0.29, 0.717) is 5.56 Å². The lowest BCUT2D eigenvalue weighted by atomic mass is 10.2. The number of rotatable bonds is 2. The van der Waals surface area contributed by atoms with E-state index in [4.69, 9.17) is 10.2 Å². The van der Waals surface area contributed by atoms with Gasteiger partial charge in [-0.15, -0.1) is 0 Å². The van der Waals surface area contributed by atoms with Crippen LogP contribution >= 0.6 is 0 Å². The summed E-state index contributed by atoms with van der Waals surface area (Å²) in [6.07, 6.45) is 5.07. The second kappa shape index (κ2) is 3.52. The third kappa shape index (κ3) is 2.42. The van der Waals surface area contributed by atoms with Crippen LogP contribution in [0, 0.1) is 0 Å². The van der Waals surface area contributed by atoms with Gasteiger partial charge >= 0.3 is 5.97 Å². The van der Waals surface area contributed by atoms with Gasteiger partial charge < -0.3 is 10.2 Å². The zero-order chi connectivity index (χ0) is 8.97. The van der Waals surface area contributed by atoms with E-state index in [9.17, 15) is 4.79 Å². The minimum absolute atomic E-state index is 0.0162. The third-order valence-electron chi connectivity index (χ3n) is 1.16. The van der Waals surface area contributed by atoms with Crippen molar-refractivity contribution in [1.82, 2.24) is 4.98 Å². The number of aromatic nitrogens is 1. The topological polar surface area (TPSA) is 70.4 Å². The largest absolute Gasteiger partial charge is 0.506 e. The monoisotopic (exact) mass is 165 g/mol. The number of nitrogens with zero attached hydrogens (tertiary/aromatic N) is 1. The molecule has 0 amide bonds. The van der Waals surface area contributed by atoms with Gasteiger partial charge in [-0.25, -0.2) is 4.79 Å². The molecule has 0 radical (unpaired) electrons. The van der Waals surface area contributed by atoms with E-state index in [1.54, 1.807) is 0 Å². The molecule has 0 unspecified atom stereocenters. The van der Waals surface area contributed by atoms with Gasteiger partial charge in [-0.1, -0.05) is 0 Å². The molecule has 0 aliphatic heterocycles. The molecule has 0 aliphatic rings. The smallest absolute Gasteiger partial charge is 0.328 e. The number of carbonyl (C=O) groups is 1. The first-order chi connectivity index (χ1) is 5.68. The molecule has 0 bridgehead atoms. The van der Waals surface area contributed by atoms with E-state index in [-0.39, 0.29) is 5.75 Å². The quantitative estimate of drug-likeness (QED) is 0.638. The molecule has 4 nitrogen and oxygen atoms in total. The molecule has 12 heavy (non-hydrogen) atoms. The number of hydrogen-bond donors (Lipinski definition) is 2. The minimum atomic E-state index is -1.03. The third-order valence-corrected chi connectivity index (χ3v) is 1.16. The normalized spacial score (nSPS) is 10.3. The van der Waals surface area contributed by atoms with Gasteiger partial charge in [0.25, 0.3) is 0 Å². The zero-order valence-electron chi connectivity index (χ0n) is 6.14. The first-order valence-electron chi connectivity index (χ1n) is 3.23. The SMILES string of the molecule is O=C(O)/C=C/c1cncc(O)c1. The highest BCUT2D eigenvalue weighted by atomic mass is 16.4. The van der Waals surface area contributed by atoms with Crippen LogP contribution in [0.15, 0.2) is 24.5 Å². The van der Waals surface area contributed by atoms with Gasteiger partial charge in [-0.05, 0) is 17.7 Å². The molecule has 0 fully saturated rings. The Kier molecular flexibility index (Phi) is 2.42. The second-order valence-corrected chi connectivity index (χ2v) is 2.15. The Hall–Kier alpha value is -1.84. The minimum Gasteiger partial charge on any atom is -0.506 e. The number of pyridine rings is 1. The average Bonchev–Trinajstić information content (AvgIpc) is 2.01. The van der Waals surface area contributed by atoms with Crippen molar-refractivity contribution in [3.05, 3.63) is 30.1 Å². The zero-order valence-corrected chi connectivity index (χ0v) is 6.14. The van der Waals surface area contributed by atoms with Crippen molar-refractivity contribution < 1.29 is 15.0 Å². The Morgan fingerprint density at radius 2 is 2.25 bits per heavy atom. The van der Waals surface area contributed by atoms with Crippen LogP contribution in [0.4, 0.5) is 0 Å². The first kappa shape index (κ1) is 8.26. The predicted molar refractivity (Wildman–Crippen MR) is 42.6 cm³/mol. The highest BCUT2D eigenvalue weighted by Crippen LogP contribution is 2.09. The molecule has 4 heteroatoms. The van der Waals surface area contributed by atoms with Crippen molar-refractivity contribution in [2.75, 3.05) is 0 Å². The van der Waals surface area contributed by atoms with Gasteiger partial charge in [0.2, 0.25) is 0 Å². The molecule has 0 saturated heterocycles. The van der Waals surface area contributed by atoms with E-state index in [0.717, 1.165) is 6.08 Å². The number of aliphatic carboxylic acids is 1. The Morgan fingerprint density at radius 3 is 2.83 bits per heavy atom. The van der Waals surface area contributed by atoms with Gasteiger partial charge in [0, 0.05) is 12.3 Å². The lowest BCUT2D eigenvalue weighted by Gasteiger charge is -1.92. The average molecular weight is 165 g/mol. The highest BCUT2D eigenvalue weighted by Gasteiger charge is 1.91. The summed E-state index contributed by atoms with van der Waals surface area (Å²) in [6.45, 7) is 0. The molecule has 1 aromatic rings. The van der Waals surface area contributed by atoms with Gasteiger partial charge in [-0.3, -0.25) is 4.98 Å². The van der Waals surface area contributed by atoms with Crippen molar-refractivity contribution in [3.8, 4) is 5.75 Å². The van der Waals surface area contributed by atoms with Gasteiger partial charge in [0.05, 0.1) is 6.20 Å². The Balaban J connectivity index is 2.83. The molecule has 1 aromatic heterocycles. The summed E-state index contributed by atoms with van der Waals surface area (Å²) in [6, 6.07) is 1.42. The van der Waals surface area contributed by atoms with E-state index in [2.05, 4.69) is 4.98 Å². The van der Waals surface area contributed by atoms with Crippen molar-refractivity contribution in [2.24, 2.45) is 0 Å². The lowest BCUT2D eigenvalue weighted by Crippen LogP contribution is -1.85. The van der Waals surface area contributed by atoms with E-state index in [1.807, 2.05) is 0 Å². The summed E-state index contributed by atoms with van der Waals surface area (Å²) in [5.41, 5.74) is 0.553. The maximum absolute atomic E-state index is 10.1. The van der Waals surface area contributed by atoms with E-state index >= 15 is 0 Å². The summed E-state index contributed by atoms with van der Waals surface area (Å²) in [7, 11) is 0. The summed E-state index contributed by atoms with van der Waals surface area (Å²) in [5.74, 6) is -1.01. The van der Waals surface area contributed by atoms with Crippen LogP contribution in [0.2, 0.25) is 0 Å². The Labute approximate surface area is 68.8 Å². The second-order valence-electron chi connectivity index (χ2n) is 2.15. The molecule has 0 atom stereocenters. The van der Waals surface area contributed by atoms with E-state index < -0.39 is 5.97 Å². The fourth-order valence-electron chi connectivity index (χ4n) is 0.704. The van der Waals surface area contributed by atoms with Crippen LogP contribution in [0.3, 0.4) is 0 Å². The molecule has 2 N–H and O–H groups in total. The fraction of sp³-hybridized carbons (Fsp3) is 0. The van der Waals surface area contributed by atoms with Crippen LogP contribution in [0.5, 0.6) is 5.75 Å². The first-order valence-corrected chi connectivity index (χ1v) is 3.23. The molecule has 0 aliphatic carbocycles. The van der Waals surface area contributed by atoms with Gasteiger partial charge in [0.1, 0.15) is 5.75 Å². The number of hydrogen-bond acceptors (Lipinski definition) is 3. The number of aromatic hydroxyl groups is 1. The highest BCUT2D eigenvalue weighted by molar-refractivity contribution is 5.85. The van der Waals surface area contributed by atoms with Crippen molar-refractivity contribution in [3.63, 3.8) is 0 Å². The molecule has 0 aromatic carbocycles. The van der Waals surface area contributed by atoms with Crippen molar-refractivity contribution in [2.45, 2.75) is 0 Å². The number of carboxylic acids is 1. The summed E-state index contributed by atoms with van der Waals surface area (Å²) >= 11 is 0. The van der Waals surface area contributed by atoms with E-state index in [1.165, 1.54) is 24.5 Å². The van der Waals surface area contributed by atoms with Gasteiger partial charge in [-0.2, -0.15) is 0 Å². The standard InChI is InChI=1S/C8H7NO3/c10-7-3-6(4-9-5-7)1-2-8(11)12/h1-5,10H,(H,11,12)/b2-1+. The molecule has 0 spiro atoms. The van der Waals surface area contributed by atoms with Gasteiger partial charge in [0.15, 0.2) is 0 Å². The molecule has 0 saturated carbocycles. The molecular weight excluding hydrogens is 158 g/mol. The van der Waals surface area contributed by atoms with Crippen LogP contribution < -0.4 is 0 Å². The van der Waals surface area contributed by atoms with Crippen LogP contribution in [-0.4, -0.2) is 21.2 Å². The summed E-state index contributed by atoms with van der Waals surface area (Å²) < 4.78 is 0.